The maximum absolute atomic E-state index is 11.0. The Morgan fingerprint density at radius 1 is 1.31 bits per heavy atom. The third kappa shape index (κ3) is 2.76. The molecule has 0 aromatic heterocycles. The zero-order valence-corrected chi connectivity index (χ0v) is 10.2. The van der Waals surface area contributed by atoms with Gasteiger partial charge in [-0.2, -0.15) is 0 Å². The van der Waals surface area contributed by atoms with Crippen LogP contribution in [0.3, 0.4) is 0 Å². The van der Waals surface area contributed by atoms with E-state index in [-0.39, 0.29) is 6.54 Å². The van der Waals surface area contributed by atoms with Crippen molar-refractivity contribution in [2.24, 2.45) is 5.92 Å². The van der Waals surface area contributed by atoms with Crippen molar-refractivity contribution in [1.29, 1.82) is 0 Å². The van der Waals surface area contributed by atoms with Crippen LogP contribution in [0.1, 0.15) is 51.9 Å². The van der Waals surface area contributed by atoms with Crippen LogP contribution in [0.25, 0.3) is 0 Å². The molecule has 16 heavy (non-hydrogen) atoms. The summed E-state index contributed by atoms with van der Waals surface area (Å²) in [7, 11) is 0. The van der Waals surface area contributed by atoms with E-state index in [4.69, 9.17) is 5.11 Å². The third-order valence-corrected chi connectivity index (χ3v) is 4.12. The molecule has 3 heteroatoms. The summed E-state index contributed by atoms with van der Waals surface area (Å²) < 4.78 is 0. The van der Waals surface area contributed by atoms with Gasteiger partial charge in [0.2, 0.25) is 0 Å². The molecule has 0 aliphatic heterocycles. The summed E-state index contributed by atoms with van der Waals surface area (Å²) in [5.74, 6) is 0.121. The highest BCUT2D eigenvalue weighted by Gasteiger charge is 2.38. The lowest BCUT2D eigenvalue weighted by molar-refractivity contribution is -0.139. The van der Waals surface area contributed by atoms with Crippen LogP contribution in [0, 0.1) is 5.92 Å². The molecule has 0 radical (unpaired) electrons. The molecule has 2 saturated carbocycles. The van der Waals surface area contributed by atoms with E-state index in [9.17, 15) is 4.79 Å². The molecule has 3 nitrogen and oxygen atoms in total. The zero-order valence-electron chi connectivity index (χ0n) is 10.2. The van der Waals surface area contributed by atoms with Crippen molar-refractivity contribution in [3.05, 3.63) is 0 Å². The largest absolute Gasteiger partial charge is 0.480 e. The Kier molecular flexibility index (Phi) is 3.85. The first-order chi connectivity index (χ1) is 7.72. The van der Waals surface area contributed by atoms with Crippen molar-refractivity contribution in [1.82, 2.24) is 4.90 Å². The summed E-state index contributed by atoms with van der Waals surface area (Å²) >= 11 is 0. The molecule has 1 unspecified atom stereocenters. The van der Waals surface area contributed by atoms with Gasteiger partial charge in [0.25, 0.3) is 0 Å². The maximum Gasteiger partial charge on any atom is 0.317 e. The Morgan fingerprint density at radius 3 is 2.38 bits per heavy atom. The van der Waals surface area contributed by atoms with E-state index >= 15 is 0 Å². The molecule has 1 atom stereocenters. The molecule has 1 N–H and O–H groups in total. The molecule has 0 saturated heterocycles. The van der Waals surface area contributed by atoms with Crippen molar-refractivity contribution >= 4 is 5.97 Å². The summed E-state index contributed by atoms with van der Waals surface area (Å²) in [6, 6.07) is 1.07. The minimum Gasteiger partial charge on any atom is -0.480 e. The van der Waals surface area contributed by atoms with Crippen LogP contribution < -0.4 is 0 Å². The lowest BCUT2D eigenvalue weighted by Crippen LogP contribution is -2.45. The summed E-state index contributed by atoms with van der Waals surface area (Å²) in [5.41, 5.74) is 0. The monoisotopic (exact) mass is 225 g/mol. The van der Waals surface area contributed by atoms with Gasteiger partial charge < -0.3 is 5.11 Å². The summed E-state index contributed by atoms with van der Waals surface area (Å²) in [5, 5.41) is 9.05. The Morgan fingerprint density at radius 2 is 1.94 bits per heavy atom. The standard InChI is InChI=1S/C13H23NO2/c1-2-12(10-7-8-10)14(9-13(15)16)11-5-3-4-6-11/h10-12H,2-9H2,1H3,(H,15,16). The molecule has 92 valence electrons. The minimum atomic E-state index is -0.661. The number of hydrogen-bond donors (Lipinski definition) is 1. The van der Waals surface area contributed by atoms with E-state index in [1.165, 1.54) is 38.5 Å². The molecule has 0 heterocycles. The molecule has 0 bridgehead atoms. The molecular weight excluding hydrogens is 202 g/mol. The first-order valence-electron chi connectivity index (χ1n) is 6.70. The van der Waals surface area contributed by atoms with Crippen LogP contribution >= 0.6 is 0 Å². The van der Waals surface area contributed by atoms with Crippen molar-refractivity contribution in [2.45, 2.75) is 64.0 Å². The quantitative estimate of drug-likeness (QED) is 0.755. The Labute approximate surface area is 97.8 Å². The van der Waals surface area contributed by atoms with Gasteiger partial charge in [0.15, 0.2) is 0 Å². The van der Waals surface area contributed by atoms with E-state index in [0.717, 1.165) is 12.3 Å². The van der Waals surface area contributed by atoms with Gasteiger partial charge in [-0.05, 0) is 38.0 Å². The normalized spacial score (nSPS) is 23.9. The molecule has 0 aromatic carbocycles. The highest BCUT2D eigenvalue weighted by atomic mass is 16.4. The van der Waals surface area contributed by atoms with E-state index in [2.05, 4.69) is 11.8 Å². The maximum atomic E-state index is 11.0. The second-order valence-corrected chi connectivity index (χ2v) is 5.32. The van der Waals surface area contributed by atoms with E-state index < -0.39 is 5.97 Å². The third-order valence-electron chi connectivity index (χ3n) is 4.12. The predicted molar refractivity (Wildman–Crippen MR) is 63.4 cm³/mol. The fraction of sp³-hybridized carbons (Fsp3) is 0.923. The lowest BCUT2D eigenvalue weighted by atomic mass is 10.0. The fourth-order valence-corrected chi connectivity index (χ4v) is 3.23. The first kappa shape index (κ1) is 11.9. The Bertz CT molecular complexity index is 244. The second kappa shape index (κ2) is 5.17. The molecule has 0 amide bonds. The molecule has 2 aliphatic carbocycles. The average Bonchev–Trinajstić information content (AvgIpc) is 2.93. The van der Waals surface area contributed by atoms with Gasteiger partial charge in [-0.25, -0.2) is 0 Å². The highest BCUT2D eigenvalue weighted by molar-refractivity contribution is 5.69. The smallest absolute Gasteiger partial charge is 0.317 e. The Hall–Kier alpha value is -0.570. The van der Waals surface area contributed by atoms with Crippen LogP contribution in [0.2, 0.25) is 0 Å². The van der Waals surface area contributed by atoms with Crippen LogP contribution in [0.5, 0.6) is 0 Å². The summed E-state index contributed by atoms with van der Waals surface area (Å²) in [4.78, 5) is 13.3. The molecule has 0 spiro atoms. The van der Waals surface area contributed by atoms with E-state index in [0.29, 0.717) is 12.1 Å². The van der Waals surface area contributed by atoms with Gasteiger partial charge in [-0.15, -0.1) is 0 Å². The molecular formula is C13H23NO2. The zero-order chi connectivity index (χ0) is 11.5. The number of aliphatic carboxylic acids is 1. The SMILES string of the molecule is CCC(C1CC1)N(CC(=O)O)C1CCCC1. The predicted octanol–water partition coefficient (Wildman–Crippen LogP) is 2.50. The van der Waals surface area contributed by atoms with Gasteiger partial charge in [0, 0.05) is 12.1 Å². The lowest BCUT2D eigenvalue weighted by Gasteiger charge is -2.35. The van der Waals surface area contributed by atoms with Gasteiger partial charge in [-0.1, -0.05) is 19.8 Å². The Balaban J connectivity index is 2.01. The summed E-state index contributed by atoms with van der Waals surface area (Å²) in [6.45, 7) is 2.45. The molecule has 2 rings (SSSR count). The summed E-state index contributed by atoms with van der Waals surface area (Å²) in [6.07, 6.45) is 8.69. The van der Waals surface area contributed by atoms with Gasteiger partial charge >= 0.3 is 5.97 Å². The van der Waals surface area contributed by atoms with Crippen LogP contribution in [-0.4, -0.2) is 34.6 Å². The number of carbonyl (C=O) groups is 1. The highest BCUT2D eigenvalue weighted by Crippen LogP contribution is 2.39. The van der Waals surface area contributed by atoms with Crippen LogP contribution in [0.4, 0.5) is 0 Å². The van der Waals surface area contributed by atoms with Crippen molar-refractivity contribution in [2.75, 3.05) is 6.54 Å². The van der Waals surface area contributed by atoms with Crippen LogP contribution in [-0.2, 0) is 4.79 Å². The van der Waals surface area contributed by atoms with Gasteiger partial charge in [0.1, 0.15) is 0 Å². The molecule has 2 aliphatic rings. The van der Waals surface area contributed by atoms with Crippen LogP contribution in [0.15, 0.2) is 0 Å². The fourth-order valence-electron chi connectivity index (χ4n) is 3.23. The molecule has 0 aromatic rings. The van der Waals surface area contributed by atoms with E-state index in [1.54, 1.807) is 0 Å². The second-order valence-electron chi connectivity index (χ2n) is 5.32. The van der Waals surface area contributed by atoms with Crippen molar-refractivity contribution < 1.29 is 9.90 Å². The average molecular weight is 225 g/mol. The number of carboxylic acids is 1. The number of hydrogen-bond acceptors (Lipinski definition) is 2. The number of rotatable bonds is 6. The van der Waals surface area contributed by atoms with Crippen molar-refractivity contribution in [3.8, 4) is 0 Å². The minimum absolute atomic E-state index is 0.250. The number of nitrogens with zero attached hydrogens (tertiary/aromatic N) is 1. The molecule has 2 fully saturated rings. The van der Waals surface area contributed by atoms with Gasteiger partial charge in [0.05, 0.1) is 6.54 Å². The first-order valence-corrected chi connectivity index (χ1v) is 6.70. The van der Waals surface area contributed by atoms with Crippen molar-refractivity contribution in [3.63, 3.8) is 0 Å². The van der Waals surface area contributed by atoms with E-state index in [1.807, 2.05) is 0 Å². The number of carboxylic acid groups (broad SMARTS) is 1. The van der Waals surface area contributed by atoms with Gasteiger partial charge in [-0.3, -0.25) is 9.69 Å². The topological polar surface area (TPSA) is 40.5 Å².